The van der Waals surface area contributed by atoms with Gasteiger partial charge in [0, 0.05) is 11.6 Å². The summed E-state index contributed by atoms with van der Waals surface area (Å²) in [6.45, 7) is 4.34. The molecule has 0 aliphatic heterocycles. The first-order chi connectivity index (χ1) is 12.2. The molecule has 4 aromatic rings. The summed E-state index contributed by atoms with van der Waals surface area (Å²) in [5.41, 5.74) is 0.908. The van der Waals surface area contributed by atoms with Crippen molar-refractivity contribution in [3.05, 3.63) is 91.9 Å². The van der Waals surface area contributed by atoms with Crippen LogP contribution in [-0.4, -0.2) is 4.57 Å². The van der Waals surface area contributed by atoms with Crippen LogP contribution in [0.5, 0.6) is 0 Å². The summed E-state index contributed by atoms with van der Waals surface area (Å²) >= 11 is 1.34. The molecule has 5 heteroatoms. The molecule has 25 heavy (non-hydrogen) atoms. The first-order valence-electron chi connectivity index (χ1n) is 7.79. The third-order valence-corrected chi connectivity index (χ3v) is 4.81. The molecule has 0 amide bonds. The molecule has 0 bridgehead atoms. The smallest absolute Gasteiger partial charge is 0.269 e. The van der Waals surface area contributed by atoms with E-state index in [0.717, 1.165) is 17.1 Å². The molecule has 0 spiro atoms. The Morgan fingerprint density at radius 1 is 1.08 bits per heavy atom. The first-order valence-corrected chi connectivity index (χ1v) is 8.60. The van der Waals surface area contributed by atoms with Crippen LogP contribution < -0.4 is 14.8 Å². The third kappa shape index (κ3) is 3.14. The van der Waals surface area contributed by atoms with Gasteiger partial charge in [-0.05, 0) is 24.3 Å². The van der Waals surface area contributed by atoms with Crippen LogP contribution in [0, 0.1) is 0 Å². The highest BCUT2D eigenvalue weighted by Gasteiger charge is 2.07. The SMILES string of the molecule is C=c1s/c(=C\c2ccc(-c3ccccc3)o2)c(=O)n1Cc1ccco1. The second kappa shape index (κ2) is 6.45. The summed E-state index contributed by atoms with van der Waals surface area (Å²) in [6, 6.07) is 17.3. The summed E-state index contributed by atoms with van der Waals surface area (Å²) < 4.78 is 14.0. The van der Waals surface area contributed by atoms with Gasteiger partial charge in [-0.15, -0.1) is 11.3 Å². The molecular weight excluding hydrogens is 334 g/mol. The van der Waals surface area contributed by atoms with Crippen LogP contribution in [-0.2, 0) is 6.54 Å². The Balaban J connectivity index is 1.70. The number of rotatable bonds is 4. The summed E-state index contributed by atoms with van der Waals surface area (Å²) in [6.07, 6.45) is 3.35. The molecule has 0 saturated carbocycles. The van der Waals surface area contributed by atoms with Crippen molar-refractivity contribution in [1.29, 1.82) is 0 Å². The van der Waals surface area contributed by atoms with Crippen LogP contribution in [0.2, 0.25) is 0 Å². The molecule has 1 aromatic carbocycles. The van der Waals surface area contributed by atoms with Gasteiger partial charge in [-0.2, -0.15) is 0 Å². The van der Waals surface area contributed by atoms with Crippen LogP contribution in [0.25, 0.3) is 24.0 Å². The lowest BCUT2D eigenvalue weighted by Crippen LogP contribution is -2.31. The van der Waals surface area contributed by atoms with Crippen molar-refractivity contribution in [3.63, 3.8) is 0 Å². The van der Waals surface area contributed by atoms with Crippen molar-refractivity contribution in [2.75, 3.05) is 0 Å². The van der Waals surface area contributed by atoms with Crippen LogP contribution in [0.15, 0.2) is 74.5 Å². The van der Waals surface area contributed by atoms with E-state index in [0.29, 0.717) is 21.5 Å². The minimum absolute atomic E-state index is 0.0935. The molecule has 4 nitrogen and oxygen atoms in total. The minimum atomic E-state index is -0.0935. The van der Waals surface area contributed by atoms with E-state index in [1.54, 1.807) is 23.0 Å². The monoisotopic (exact) mass is 349 g/mol. The van der Waals surface area contributed by atoms with E-state index >= 15 is 0 Å². The Kier molecular flexibility index (Phi) is 3.99. The fraction of sp³-hybridized carbons (Fsp3) is 0.0500. The maximum Gasteiger partial charge on any atom is 0.269 e. The Bertz CT molecular complexity index is 1150. The van der Waals surface area contributed by atoms with E-state index < -0.39 is 0 Å². The lowest BCUT2D eigenvalue weighted by atomic mass is 10.2. The average Bonchev–Trinajstić information content (AvgIpc) is 3.35. The normalized spacial score (nSPS) is 11.9. The zero-order chi connectivity index (χ0) is 17.2. The van der Waals surface area contributed by atoms with Crippen LogP contribution in [0.1, 0.15) is 11.5 Å². The van der Waals surface area contributed by atoms with Crippen molar-refractivity contribution >= 4 is 24.0 Å². The zero-order valence-corrected chi connectivity index (χ0v) is 14.2. The molecule has 124 valence electrons. The van der Waals surface area contributed by atoms with E-state index in [1.807, 2.05) is 48.5 Å². The molecule has 0 fully saturated rings. The minimum Gasteiger partial charge on any atom is -0.467 e. The van der Waals surface area contributed by atoms with Crippen molar-refractivity contribution in [1.82, 2.24) is 4.57 Å². The fourth-order valence-corrected chi connectivity index (χ4v) is 3.48. The molecule has 3 aromatic heterocycles. The topological polar surface area (TPSA) is 48.3 Å². The maximum absolute atomic E-state index is 12.6. The number of thiazole rings is 1. The Labute approximate surface area is 147 Å². The van der Waals surface area contributed by atoms with E-state index in [1.165, 1.54) is 11.3 Å². The molecule has 0 N–H and O–H groups in total. The molecule has 0 saturated heterocycles. The van der Waals surface area contributed by atoms with Gasteiger partial charge in [-0.25, -0.2) is 0 Å². The van der Waals surface area contributed by atoms with Gasteiger partial charge in [-0.1, -0.05) is 36.9 Å². The van der Waals surface area contributed by atoms with Gasteiger partial charge in [0.1, 0.15) is 17.3 Å². The van der Waals surface area contributed by atoms with E-state index in [4.69, 9.17) is 8.83 Å². The van der Waals surface area contributed by atoms with Gasteiger partial charge < -0.3 is 8.83 Å². The Morgan fingerprint density at radius 2 is 1.92 bits per heavy atom. The van der Waals surface area contributed by atoms with Gasteiger partial charge in [0.25, 0.3) is 5.56 Å². The van der Waals surface area contributed by atoms with Crippen LogP contribution in [0.3, 0.4) is 0 Å². The summed E-state index contributed by atoms with van der Waals surface area (Å²) in [7, 11) is 0. The average molecular weight is 349 g/mol. The Morgan fingerprint density at radius 3 is 2.68 bits per heavy atom. The van der Waals surface area contributed by atoms with Crippen molar-refractivity contribution in [3.8, 4) is 11.3 Å². The first kappa shape index (κ1) is 15.5. The maximum atomic E-state index is 12.6. The van der Waals surface area contributed by atoms with E-state index in [9.17, 15) is 4.79 Å². The summed E-state index contributed by atoms with van der Waals surface area (Å²) in [5.74, 6) is 2.14. The molecule has 0 radical (unpaired) electrons. The Hall–Kier alpha value is -3.05. The van der Waals surface area contributed by atoms with Gasteiger partial charge in [0.05, 0.1) is 22.0 Å². The molecule has 3 heterocycles. The second-order valence-electron chi connectivity index (χ2n) is 5.54. The van der Waals surface area contributed by atoms with Crippen LogP contribution in [0.4, 0.5) is 0 Å². The quantitative estimate of drug-likeness (QED) is 0.569. The summed E-state index contributed by atoms with van der Waals surface area (Å²) in [4.78, 5) is 12.6. The van der Waals surface area contributed by atoms with Crippen LogP contribution >= 0.6 is 11.3 Å². The number of nitrogens with zero attached hydrogens (tertiary/aromatic N) is 1. The number of hydrogen-bond acceptors (Lipinski definition) is 4. The van der Waals surface area contributed by atoms with Gasteiger partial charge >= 0.3 is 0 Å². The number of hydrogen-bond donors (Lipinski definition) is 0. The molecule has 4 rings (SSSR count). The van der Waals surface area contributed by atoms with E-state index in [-0.39, 0.29) is 5.56 Å². The highest BCUT2D eigenvalue weighted by Crippen LogP contribution is 2.21. The highest BCUT2D eigenvalue weighted by atomic mass is 32.1. The van der Waals surface area contributed by atoms with Crippen molar-refractivity contribution < 1.29 is 8.83 Å². The number of aromatic nitrogens is 1. The predicted molar refractivity (Wildman–Crippen MR) is 98.9 cm³/mol. The fourth-order valence-electron chi connectivity index (χ4n) is 2.60. The summed E-state index contributed by atoms with van der Waals surface area (Å²) in [5, 5.41) is 0. The number of benzene rings is 1. The highest BCUT2D eigenvalue weighted by molar-refractivity contribution is 7.07. The largest absolute Gasteiger partial charge is 0.467 e. The third-order valence-electron chi connectivity index (χ3n) is 3.84. The van der Waals surface area contributed by atoms with Gasteiger partial charge in [-0.3, -0.25) is 9.36 Å². The molecular formula is C20H15NO3S. The lowest BCUT2D eigenvalue weighted by Gasteiger charge is -1.96. The lowest BCUT2D eigenvalue weighted by molar-refractivity contribution is 0.489. The second-order valence-corrected chi connectivity index (χ2v) is 6.66. The van der Waals surface area contributed by atoms with Crippen molar-refractivity contribution in [2.45, 2.75) is 6.54 Å². The zero-order valence-electron chi connectivity index (χ0n) is 13.3. The van der Waals surface area contributed by atoms with Crippen molar-refractivity contribution in [2.24, 2.45) is 0 Å². The van der Waals surface area contributed by atoms with Gasteiger partial charge in [0.15, 0.2) is 0 Å². The molecule has 0 aliphatic carbocycles. The molecule has 0 aliphatic rings. The predicted octanol–water partition coefficient (Wildman–Crippen LogP) is 3.05. The number of furan rings is 2. The standard InChI is InChI=1S/C20H15NO3S/c1-14-21(13-17-8-5-11-23-17)20(22)19(25-14)12-16-9-10-18(24-16)15-6-3-2-4-7-15/h2-12H,1,13H2/b19-12-. The molecule has 0 atom stereocenters. The van der Waals surface area contributed by atoms with Gasteiger partial charge in [0.2, 0.25) is 0 Å². The van der Waals surface area contributed by atoms with E-state index in [2.05, 4.69) is 6.58 Å². The molecule has 0 unspecified atom stereocenters.